The van der Waals surface area contributed by atoms with E-state index in [1.54, 1.807) is 55.5 Å². The third kappa shape index (κ3) is 7.36. The number of anilines is 1. The Hall–Kier alpha value is -3.07. The van der Waals surface area contributed by atoms with Gasteiger partial charge in [0.2, 0.25) is 11.8 Å². The highest BCUT2D eigenvalue weighted by Crippen LogP contribution is 2.29. The van der Waals surface area contributed by atoms with Gasteiger partial charge in [0, 0.05) is 22.6 Å². The van der Waals surface area contributed by atoms with E-state index >= 15 is 0 Å². The minimum atomic E-state index is -4.14. The standard InChI is InChI=1S/C30H35Cl2N3O4S/c1-6-21(3)33-30(37)23(5)34(18-24-15-16-25(31)17-27(24)32)29(36)19-35(28-14-10-11-20(2)22(28)4)40(38,39)26-12-8-7-9-13-26/h7-17,21,23H,6,18-19H2,1-5H3,(H,33,37)/t21-,23+/m1/s1. The van der Waals surface area contributed by atoms with Gasteiger partial charge in [-0.2, -0.15) is 0 Å². The Morgan fingerprint density at radius 1 is 0.950 bits per heavy atom. The highest BCUT2D eigenvalue weighted by atomic mass is 35.5. The topological polar surface area (TPSA) is 86.8 Å². The average Bonchev–Trinajstić information content (AvgIpc) is 2.92. The molecule has 2 atom stereocenters. The molecule has 40 heavy (non-hydrogen) atoms. The fourth-order valence-electron chi connectivity index (χ4n) is 4.12. The van der Waals surface area contributed by atoms with Crippen molar-refractivity contribution in [2.24, 2.45) is 0 Å². The van der Waals surface area contributed by atoms with Crippen LogP contribution in [-0.2, 0) is 26.2 Å². The molecule has 0 aromatic heterocycles. The Morgan fingerprint density at radius 2 is 1.62 bits per heavy atom. The molecule has 2 amide bonds. The summed E-state index contributed by atoms with van der Waals surface area (Å²) in [6, 6.07) is 17.2. The number of sulfonamides is 1. The second kappa shape index (κ2) is 13.5. The monoisotopic (exact) mass is 603 g/mol. The van der Waals surface area contributed by atoms with Crippen LogP contribution in [0.15, 0.2) is 71.6 Å². The van der Waals surface area contributed by atoms with Gasteiger partial charge < -0.3 is 10.2 Å². The first-order valence-electron chi connectivity index (χ1n) is 13.0. The van der Waals surface area contributed by atoms with Crippen LogP contribution in [0.1, 0.15) is 43.9 Å². The number of aryl methyl sites for hydroxylation is 1. The average molecular weight is 605 g/mol. The zero-order valence-corrected chi connectivity index (χ0v) is 25.6. The Balaban J connectivity index is 2.08. The molecule has 3 aromatic carbocycles. The molecule has 0 aliphatic heterocycles. The minimum Gasteiger partial charge on any atom is -0.352 e. The third-order valence-corrected chi connectivity index (χ3v) is 9.34. The SMILES string of the molecule is CC[C@@H](C)NC(=O)[C@H](C)N(Cc1ccc(Cl)cc1Cl)C(=O)CN(c1cccc(C)c1C)S(=O)(=O)c1ccccc1. The summed E-state index contributed by atoms with van der Waals surface area (Å²) in [6.07, 6.45) is 0.713. The predicted octanol–water partition coefficient (Wildman–Crippen LogP) is 6.14. The molecule has 3 aromatic rings. The van der Waals surface area contributed by atoms with Crippen LogP contribution in [0.4, 0.5) is 5.69 Å². The fraction of sp³-hybridized carbons (Fsp3) is 0.333. The summed E-state index contributed by atoms with van der Waals surface area (Å²) in [5.41, 5.74) is 2.57. The summed E-state index contributed by atoms with van der Waals surface area (Å²) >= 11 is 12.5. The number of hydrogen-bond donors (Lipinski definition) is 1. The van der Waals surface area contributed by atoms with Crippen LogP contribution < -0.4 is 9.62 Å². The largest absolute Gasteiger partial charge is 0.352 e. The molecule has 1 N–H and O–H groups in total. The number of nitrogens with one attached hydrogen (secondary N) is 1. The van der Waals surface area contributed by atoms with E-state index in [0.717, 1.165) is 15.4 Å². The molecule has 214 valence electrons. The van der Waals surface area contributed by atoms with Crippen LogP contribution in [0.25, 0.3) is 0 Å². The van der Waals surface area contributed by atoms with Gasteiger partial charge in [0.05, 0.1) is 10.6 Å². The van der Waals surface area contributed by atoms with E-state index in [0.29, 0.717) is 27.7 Å². The second-order valence-corrected chi connectivity index (χ2v) is 12.5. The van der Waals surface area contributed by atoms with Crippen molar-refractivity contribution in [3.63, 3.8) is 0 Å². The van der Waals surface area contributed by atoms with Gasteiger partial charge >= 0.3 is 0 Å². The van der Waals surface area contributed by atoms with Gasteiger partial charge in [0.25, 0.3) is 10.0 Å². The molecule has 0 spiro atoms. The van der Waals surface area contributed by atoms with Crippen molar-refractivity contribution in [3.8, 4) is 0 Å². The molecule has 0 radical (unpaired) electrons. The summed E-state index contributed by atoms with van der Waals surface area (Å²) in [6.45, 7) is 8.60. The summed E-state index contributed by atoms with van der Waals surface area (Å²) in [4.78, 5) is 28.6. The molecule has 0 unspecified atom stereocenters. The van der Waals surface area contributed by atoms with Gasteiger partial charge in [-0.05, 0) is 81.1 Å². The number of benzene rings is 3. The van der Waals surface area contributed by atoms with Crippen LogP contribution in [0.3, 0.4) is 0 Å². The van der Waals surface area contributed by atoms with Crippen molar-refractivity contribution >= 4 is 50.7 Å². The Bertz CT molecular complexity index is 1470. The van der Waals surface area contributed by atoms with Gasteiger partial charge in [0.15, 0.2) is 0 Å². The molecule has 0 heterocycles. The van der Waals surface area contributed by atoms with Crippen molar-refractivity contribution in [3.05, 3.63) is 93.5 Å². The molecule has 0 saturated heterocycles. The summed E-state index contributed by atoms with van der Waals surface area (Å²) in [5.74, 6) is -0.907. The van der Waals surface area contributed by atoms with Crippen LogP contribution in [0, 0.1) is 13.8 Å². The van der Waals surface area contributed by atoms with E-state index in [-0.39, 0.29) is 23.4 Å². The highest BCUT2D eigenvalue weighted by molar-refractivity contribution is 7.92. The molecule has 0 aliphatic carbocycles. The molecule has 0 saturated carbocycles. The van der Waals surface area contributed by atoms with Gasteiger partial charge in [-0.1, -0.05) is 66.5 Å². The number of rotatable bonds is 11. The van der Waals surface area contributed by atoms with E-state index < -0.39 is 28.5 Å². The predicted molar refractivity (Wildman–Crippen MR) is 161 cm³/mol. The molecule has 10 heteroatoms. The number of nitrogens with zero attached hydrogens (tertiary/aromatic N) is 2. The zero-order chi connectivity index (χ0) is 29.6. The minimum absolute atomic E-state index is 0.0179. The van der Waals surface area contributed by atoms with E-state index in [4.69, 9.17) is 23.2 Å². The van der Waals surface area contributed by atoms with Crippen molar-refractivity contribution in [2.45, 2.75) is 64.6 Å². The van der Waals surface area contributed by atoms with Gasteiger partial charge in [-0.25, -0.2) is 8.42 Å². The maximum Gasteiger partial charge on any atom is 0.264 e. The first-order valence-corrected chi connectivity index (χ1v) is 15.2. The number of carbonyl (C=O) groups is 2. The van der Waals surface area contributed by atoms with Crippen LogP contribution in [0.5, 0.6) is 0 Å². The number of amides is 2. The lowest BCUT2D eigenvalue weighted by atomic mass is 10.1. The zero-order valence-electron chi connectivity index (χ0n) is 23.3. The quantitative estimate of drug-likeness (QED) is 0.285. The van der Waals surface area contributed by atoms with E-state index in [2.05, 4.69) is 5.32 Å². The van der Waals surface area contributed by atoms with Gasteiger partial charge in [-0.3, -0.25) is 13.9 Å². The van der Waals surface area contributed by atoms with Gasteiger partial charge in [-0.15, -0.1) is 0 Å². The second-order valence-electron chi connectivity index (χ2n) is 9.79. The van der Waals surface area contributed by atoms with E-state index in [1.165, 1.54) is 17.0 Å². The van der Waals surface area contributed by atoms with Crippen molar-refractivity contribution in [1.29, 1.82) is 0 Å². The number of halogens is 2. The fourth-order valence-corrected chi connectivity index (χ4v) is 6.08. The molecule has 0 fully saturated rings. The molecule has 7 nitrogen and oxygen atoms in total. The Morgan fingerprint density at radius 3 is 2.25 bits per heavy atom. The van der Waals surface area contributed by atoms with Crippen molar-refractivity contribution < 1.29 is 18.0 Å². The lowest BCUT2D eigenvalue weighted by molar-refractivity contribution is -0.139. The first kappa shape index (κ1) is 31.5. The maximum absolute atomic E-state index is 14.1. The van der Waals surface area contributed by atoms with Crippen LogP contribution >= 0.6 is 23.2 Å². The molecule has 3 rings (SSSR count). The number of carbonyl (C=O) groups excluding carboxylic acids is 2. The molecule has 0 aliphatic rings. The Labute approximate surface area is 247 Å². The van der Waals surface area contributed by atoms with E-state index in [9.17, 15) is 18.0 Å². The lowest BCUT2D eigenvalue weighted by Crippen LogP contribution is -2.52. The molecular weight excluding hydrogens is 569 g/mol. The normalized spacial score (nSPS) is 12.9. The molecular formula is C30H35Cl2N3O4S. The van der Waals surface area contributed by atoms with Crippen LogP contribution in [-0.4, -0.2) is 43.8 Å². The van der Waals surface area contributed by atoms with E-state index in [1.807, 2.05) is 33.8 Å². The third-order valence-electron chi connectivity index (χ3n) is 6.98. The highest BCUT2D eigenvalue weighted by Gasteiger charge is 2.33. The summed E-state index contributed by atoms with van der Waals surface area (Å²) in [5, 5.41) is 3.68. The summed E-state index contributed by atoms with van der Waals surface area (Å²) < 4.78 is 29.0. The lowest BCUT2D eigenvalue weighted by Gasteiger charge is -2.33. The molecule has 0 bridgehead atoms. The first-order chi connectivity index (χ1) is 18.9. The van der Waals surface area contributed by atoms with Gasteiger partial charge in [0.1, 0.15) is 12.6 Å². The number of hydrogen-bond acceptors (Lipinski definition) is 4. The van der Waals surface area contributed by atoms with Crippen molar-refractivity contribution in [1.82, 2.24) is 10.2 Å². The Kier molecular flexibility index (Phi) is 10.6. The maximum atomic E-state index is 14.1. The summed E-state index contributed by atoms with van der Waals surface area (Å²) in [7, 11) is -4.14. The smallest absolute Gasteiger partial charge is 0.264 e. The van der Waals surface area contributed by atoms with Crippen LogP contribution in [0.2, 0.25) is 10.0 Å². The van der Waals surface area contributed by atoms with Crippen molar-refractivity contribution in [2.75, 3.05) is 10.8 Å².